The van der Waals surface area contributed by atoms with Gasteiger partial charge < -0.3 is 14.2 Å². The zero-order chi connectivity index (χ0) is 23.8. The van der Waals surface area contributed by atoms with Gasteiger partial charge in [-0.25, -0.2) is 23.1 Å². The molecule has 1 amide bonds. The Hall–Kier alpha value is -3.28. The topological polar surface area (TPSA) is 99.3 Å². The lowest BCUT2D eigenvalue weighted by Crippen LogP contribution is -2.42. The molecule has 3 heterocycles. The summed E-state index contributed by atoms with van der Waals surface area (Å²) in [6, 6.07) is 2.55. The number of rotatable bonds is 5. The predicted octanol–water partition coefficient (Wildman–Crippen LogP) is 3.17. The number of imidazole rings is 1. The van der Waals surface area contributed by atoms with Crippen LogP contribution in [0.1, 0.15) is 26.3 Å². The van der Waals surface area contributed by atoms with E-state index in [0.717, 1.165) is 12.4 Å². The van der Waals surface area contributed by atoms with Crippen molar-refractivity contribution in [2.75, 3.05) is 7.05 Å². The molecule has 0 bridgehead atoms. The summed E-state index contributed by atoms with van der Waals surface area (Å²) in [4.78, 5) is 20.9. The summed E-state index contributed by atoms with van der Waals surface area (Å²) in [7, 11) is -1.45. The van der Waals surface area contributed by atoms with Crippen LogP contribution in [0.15, 0.2) is 42.1 Å². The van der Waals surface area contributed by atoms with E-state index in [1.165, 1.54) is 48.1 Å². The quantitative estimate of drug-likeness (QED) is 0.535. The van der Waals surface area contributed by atoms with E-state index in [1.54, 1.807) is 20.8 Å². The molecular formula is C20H23F2N5O4S. The Balaban J connectivity index is 2.10. The molecule has 0 saturated carbocycles. The maximum absolute atomic E-state index is 15.4. The van der Waals surface area contributed by atoms with Gasteiger partial charge >= 0.3 is 16.1 Å². The molecule has 0 N–H and O–H groups in total. The van der Waals surface area contributed by atoms with Gasteiger partial charge in [-0.15, -0.1) is 0 Å². The average Bonchev–Trinajstić information content (AvgIpc) is 3.29. The van der Waals surface area contributed by atoms with E-state index >= 15 is 4.39 Å². The summed E-state index contributed by atoms with van der Waals surface area (Å²) in [5, 5.41) is -0.381. The highest BCUT2D eigenvalue weighted by molar-refractivity contribution is 7.89. The van der Waals surface area contributed by atoms with Gasteiger partial charge in [0.25, 0.3) is 0 Å². The third kappa shape index (κ3) is 4.22. The van der Waals surface area contributed by atoms with Gasteiger partial charge in [-0.05, 0) is 32.9 Å². The zero-order valence-corrected chi connectivity index (χ0v) is 19.0. The fraction of sp³-hybridized carbons (Fsp3) is 0.350. The summed E-state index contributed by atoms with van der Waals surface area (Å²) in [6.45, 7) is 4.79. The molecule has 32 heavy (non-hydrogen) atoms. The van der Waals surface area contributed by atoms with Crippen molar-refractivity contribution in [3.63, 3.8) is 0 Å². The maximum Gasteiger partial charge on any atom is 0.410 e. The van der Waals surface area contributed by atoms with E-state index in [0.29, 0.717) is 3.97 Å². The summed E-state index contributed by atoms with van der Waals surface area (Å²) in [6.07, 6.45) is 4.04. The van der Waals surface area contributed by atoms with Gasteiger partial charge in [-0.1, -0.05) is 0 Å². The summed E-state index contributed by atoms with van der Waals surface area (Å²) < 4.78 is 63.2. The summed E-state index contributed by atoms with van der Waals surface area (Å²) in [5.74, 6) is -2.11. The molecule has 0 aliphatic heterocycles. The van der Waals surface area contributed by atoms with Crippen LogP contribution in [0.5, 0.6) is 0 Å². The van der Waals surface area contributed by atoms with Crippen molar-refractivity contribution in [2.45, 2.75) is 38.1 Å². The molecule has 0 aliphatic rings. The van der Waals surface area contributed by atoms with Crippen LogP contribution in [-0.4, -0.2) is 50.5 Å². The highest BCUT2D eigenvalue weighted by Gasteiger charge is 2.31. The summed E-state index contributed by atoms with van der Waals surface area (Å²) in [5.41, 5.74) is -1.75. The maximum atomic E-state index is 15.4. The average molecular weight is 467 g/mol. The van der Waals surface area contributed by atoms with E-state index in [-0.39, 0.29) is 16.3 Å². The van der Waals surface area contributed by atoms with E-state index in [1.807, 2.05) is 0 Å². The Kier molecular flexibility index (Phi) is 6.09. The largest absolute Gasteiger partial charge is 0.444 e. The number of hydrogen-bond donors (Lipinski definition) is 0. The molecule has 0 aromatic carbocycles. The normalized spacial score (nSPS) is 12.1. The number of amides is 1. The minimum Gasteiger partial charge on any atom is -0.444 e. The molecule has 3 rings (SSSR count). The van der Waals surface area contributed by atoms with Crippen molar-refractivity contribution >= 4 is 16.1 Å². The molecule has 9 nitrogen and oxygen atoms in total. The molecule has 0 aliphatic carbocycles. The van der Waals surface area contributed by atoms with Gasteiger partial charge in [0, 0.05) is 50.0 Å². The minimum absolute atomic E-state index is 0.253. The smallest absolute Gasteiger partial charge is 0.410 e. The Labute approximate surface area is 184 Å². The first kappa shape index (κ1) is 23.4. The SMILES string of the molecule is CN(C(=O)OCc1cn(S(=O)(=O)c2nccn2C)c(-c2cccnc2F)c1F)C(C)(C)C. The number of ether oxygens (including phenoxy) is 1. The van der Waals surface area contributed by atoms with Gasteiger partial charge in [0.2, 0.25) is 11.1 Å². The van der Waals surface area contributed by atoms with Gasteiger partial charge in [-0.2, -0.15) is 12.8 Å². The van der Waals surface area contributed by atoms with Crippen molar-refractivity contribution in [1.29, 1.82) is 0 Å². The predicted molar refractivity (Wildman–Crippen MR) is 111 cm³/mol. The second-order valence-electron chi connectivity index (χ2n) is 8.06. The van der Waals surface area contributed by atoms with Crippen molar-refractivity contribution in [3.8, 4) is 11.3 Å². The van der Waals surface area contributed by atoms with E-state index in [4.69, 9.17) is 4.74 Å². The number of carbonyl (C=O) groups is 1. The molecule has 3 aromatic rings. The fourth-order valence-electron chi connectivity index (χ4n) is 2.80. The Morgan fingerprint density at radius 1 is 1.22 bits per heavy atom. The molecule has 0 atom stereocenters. The van der Waals surface area contributed by atoms with Crippen LogP contribution in [0, 0.1) is 11.8 Å². The Bertz CT molecular complexity index is 1260. The highest BCUT2D eigenvalue weighted by Crippen LogP contribution is 2.32. The molecule has 172 valence electrons. The van der Waals surface area contributed by atoms with E-state index < -0.39 is 45.7 Å². The van der Waals surface area contributed by atoms with Gasteiger partial charge in [0.05, 0.1) is 5.56 Å². The second kappa shape index (κ2) is 8.34. The molecule has 0 spiro atoms. The van der Waals surface area contributed by atoms with E-state index in [9.17, 15) is 17.6 Å². The van der Waals surface area contributed by atoms with Crippen molar-refractivity contribution < 1.29 is 26.7 Å². The second-order valence-corrected chi connectivity index (χ2v) is 9.77. The lowest BCUT2D eigenvalue weighted by atomic mass is 10.1. The fourth-order valence-corrected chi connectivity index (χ4v) is 4.28. The minimum atomic E-state index is -4.42. The molecular weight excluding hydrogens is 444 g/mol. The molecule has 0 unspecified atom stereocenters. The number of hydrogen-bond acceptors (Lipinski definition) is 6. The van der Waals surface area contributed by atoms with Crippen LogP contribution in [0.25, 0.3) is 11.3 Å². The van der Waals surface area contributed by atoms with Crippen LogP contribution in [0.4, 0.5) is 13.6 Å². The Morgan fingerprint density at radius 2 is 1.91 bits per heavy atom. The van der Waals surface area contributed by atoms with Gasteiger partial charge in [0.1, 0.15) is 12.3 Å². The van der Waals surface area contributed by atoms with Crippen LogP contribution < -0.4 is 0 Å². The molecule has 12 heteroatoms. The standard InChI is InChI=1S/C20H23F2N5O4S/c1-20(2,3)26(5)19(28)31-12-13-11-27(32(29,30)18-24-9-10-25(18)4)16(15(13)21)14-7-6-8-23-17(14)22/h6-11H,12H2,1-5H3. The monoisotopic (exact) mass is 467 g/mol. The third-order valence-corrected chi connectivity index (χ3v) is 6.56. The Morgan fingerprint density at radius 3 is 2.47 bits per heavy atom. The molecule has 0 saturated heterocycles. The number of aryl methyl sites for hydroxylation is 1. The lowest BCUT2D eigenvalue weighted by Gasteiger charge is -2.30. The zero-order valence-electron chi connectivity index (χ0n) is 18.2. The number of aromatic nitrogens is 4. The first-order valence-corrected chi connectivity index (χ1v) is 10.9. The molecule has 3 aromatic heterocycles. The molecule has 0 radical (unpaired) electrons. The van der Waals surface area contributed by atoms with Crippen LogP contribution in [0.2, 0.25) is 0 Å². The number of halogens is 2. The first-order valence-electron chi connectivity index (χ1n) is 9.49. The number of carbonyl (C=O) groups excluding carboxylic acids is 1. The van der Waals surface area contributed by atoms with Crippen molar-refractivity contribution in [1.82, 2.24) is 23.4 Å². The third-order valence-electron chi connectivity index (χ3n) is 4.90. The first-order chi connectivity index (χ1) is 14.9. The summed E-state index contributed by atoms with van der Waals surface area (Å²) >= 11 is 0. The van der Waals surface area contributed by atoms with Gasteiger partial charge in [-0.3, -0.25) is 0 Å². The highest BCUT2D eigenvalue weighted by atomic mass is 32.2. The van der Waals surface area contributed by atoms with E-state index in [2.05, 4.69) is 9.97 Å². The van der Waals surface area contributed by atoms with Crippen LogP contribution in [0.3, 0.4) is 0 Å². The number of nitrogens with zero attached hydrogens (tertiary/aromatic N) is 5. The van der Waals surface area contributed by atoms with Crippen LogP contribution in [-0.2, 0) is 28.4 Å². The van der Waals surface area contributed by atoms with Crippen molar-refractivity contribution in [2.24, 2.45) is 7.05 Å². The lowest BCUT2D eigenvalue weighted by molar-refractivity contribution is 0.0753. The van der Waals surface area contributed by atoms with Crippen LogP contribution >= 0.6 is 0 Å². The molecule has 0 fully saturated rings. The van der Waals surface area contributed by atoms with Crippen molar-refractivity contribution in [3.05, 3.63) is 54.2 Å². The van der Waals surface area contributed by atoms with Gasteiger partial charge in [0.15, 0.2) is 5.82 Å². The number of pyridine rings is 1.